The summed E-state index contributed by atoms with van der Waals surface area (Å²) in [5.74, 6) is 1.34. The number of carbonyl (C=O) groups excluding carboxylic acids is 1. The largest absolute Gasteiger partial charge is 0.489 e. The van der Waals surface area contributed by atoms with E-state index in [1.54, 1.807) is 6.07 Å². The fraction of sp³-hybridized carbons (Fsp3) is 0.185. The molecule has 1 heterocycles. The van der Waals surface area contributed by atoms with Gasteiger partial charge in [0.25, 0.3) is 5.91 Å². The number of aromatic nitrogens is 1. The van der Waals surface area contributed by atoms with Gasteiger partial charge in [0.15, 0.2) is 0 Å². The molecular formula is C27H26N2O3. The second-order valence-corrected chi connectivity index (χ2v) is 7.75. The van der Waals surface area contributed by atoms with Crippen molar-refractivity contribution in [2.24, 2.45) is 0 Å². The van der Waals surface area contributed by atoms with E-state index in [2.05, 4.69) is 5.16 Å². The third-order valence-electron chi connectivity index (χ3n) is 5.37. The normalized spacial score (nSPS) is 10.7. The molecule has 4 aromatic rings. The van der Waals surface area contributed by atoms with Gasteiger partial charge in [0.1, 0.15) is 18.1 Å². The highest BCUT2D eigenvalue weighted by Crippen LogP contribution is 2.21. The summed E-state index contributed by atoms with van der Waals surface area (Å²) in [7, 11) is 0. The SMILES string of the molecule is Cc1noc(C)c1COc1cccc(C(=O)N(Cc2ccccc2)Cc2ccccc2)c1. The van der Waals surface area contributed by atoms with Crippen molar-refractivity contribution in [2.45, 2.75) is 33.5 Å². The molecule has 5 heteroatoms. The van der Waals surface area contributed by atoms with Crippen molar-refractivity contribution in [1.29, 1.82) is 0 Å². The highest BCUT2D eigenvalue weighted by atomic mass is 16.5. The molecule has 162 valence electrons. The Morgan fingerprint density at radius 2 is 1.50 bits per heavy atom. The summed E-state index contributed by atoms with van der Waals surface area (Å²) in [5, 5.41) is 3.96. The zero-order chi connectivity index (χ0) is 22.3. The lowest BCUT2D eigenvalue weighted by molar-refractivity contribution is 0.0729. The third-order valence-corrected chi connectivity index (χ3v) is 5.37. The minimum Gasteiger partial charge on any atom is -0.489 e. The van der Waals surface area contributed by atoms with Crippen LogP contribution in [0.2, 0.25) is 0 Å². The van der Waals surface area contributed by atoms with E-state index in [4.69, 9.17) is 9.26 Å². The van der Waals surface area contributed by atoms with Crippen LogP contribution in [0.15, 0.2) is 89.5 Å². The second kappa shape index (κ2) is 9.96. The number of benzene rings is 3. The van der Waals surface area contributed by atoms with Crippen LogP contribution in [0.25, 0.3) is 0 Å². The smallest absolute Gasteiger partial charge is 0.254 e. The molecule has 0 spiro atoms. The first-order valence-electron chi connectivity index (χ1n) is 10.6. The van der Waals surface area contributed by atoms with Crippen molar-refractivity contribution in [3.63, 3.8) is 0 Å². The Kier molecular flexibility index (Phi) is 6.66. The van der Waals surface area contributed by atoms with Crippen LogP contribution in [-0.2, 0) is 19.7 Å². The van der Waals surface area contributed by atoms with Crippen LogP contribution in [-0.4, -0.2) is 16.0 Å². The average Bonchev–Trinajstić information content (AvgIpc) is 3.15. The summed E-state index contributed by atoms with van der Waals surface area (Å²) in [6.45, 7) is 5.15. The van der Waals surface area contributed by atoms with Crippen molar-refractivity contribution in [1.82, 2.24) is 10.1 Å². The Hall–Kier alpha value is -3.86. The average molecular weight is 427 g/mol. The molecule has 3 aromatic carbocycles. The molecule has 0 radical (unpaired) electrons. The molecule has 1 aromatic heterocycles. The summed E-state index contributed by atoms with van der Waals surface area (Å²) in [6, 6.07) is 27.4. The van der Waals surface area contributed by atoms with Crippen molar-refractivity contribution < 1.29 is 14.1 Å². The minimum absolute atomic E-state index is 0.0412. The highest BCUT2D eigenvalue weighted by molar-refractivity contribution is 5.94. The molecule has 0 N–H and O–H groups in total. The first-order chi connectivity index (χ1) is 15.6. The van der Waals surface area contributed by atoms with Crippen molar-refractivity contribution in [3.05, 3.63) is 119 Å². The van der Waals surface area contributed by atoms with Crippen molar-refractivity contribution in [3.8, 4) is 5.75 Å². The van der Waals surface area contributed by atoms with E-state index in [0.717, 1.165) is 28.1 Å². The van der Waals surface area contributed by atoms with E-state index in [9.17, 15) is 4.79 Å². The van der Waals surface area contributed by atoms with Gasteiger partial charge >= 0.3 is 0 Å². The molecular weight excluding hydrogens is 400 g/mol. The molecule has 0 atom stereocenters. The molecule has 0 saturated heterocycles. The Morgan fingerprint density at radius 3 is 2.06 bits per heavy atom. The van der Waals surface area contributed by atoms with E-state index in [1.165, 1.54) is 0 Å². The zero-order valence-corrected chi connectivity index (χ0v) is 18.3. The third kappa shape index (κ3) is 5.24. The Labute approximate surface area is 188 Å². The van der Waals surface area contributed by atoms with Crippen LogP contribution in [0.3, 0.4) is 0 Å². The Morgan fingerprint density at radius 1 is 0.875 bits per heavy atom. The molecule has 0 aliphatic heterocycles. The number of hydrogen-bond acceptors (Lipinski definition) is 4. The van der Waals surface area contributed by atoms with E-state index in [-0.39, 0.29) is 5.91 Å². The molecule has 0 aliphatic rings. The van der Waals surface area contributed by atoms with Crippen LogP contribution >= 0.6 is 0 Å². The fourth-order valence-electron chi connectivity index (χ4n) is 3.57. The molecule has 0 unspecified atom stereocenters. The van der Waals surface area contributed by atoms with Gasteiger partial charge in [0.05, 0.1) is 11.3 Å². The van der Waals surface area contributed by atoms with Gasteiger partial charge in [-0.05, 0) is 43.2 Å². The van der Waals surface area contributed by atoms with Gasteiger partial charge in [-0.1, -0.05) is 71.9 Å². The highest BCUT2D eigenvalue weighted by Gasteiger charge is 2.18. The summed E-state index contributed by atoms with van der Waals surface area (Å²) in [4.78, 5) is 15.4. The maximum Gasteiger partial charge on any atom is 0.254 e. The lowest BCUT2D eigenvalue weighted by Gasteiger charge is -2.23. The lowest BCUT2D eigenvalue weighted by atomic mass is 10.1. The minimum atomic E-state index is -0.0412. The molecule has 0 aliphatic carbocycles. The standard InChI is InChI=1S/C27H26N2O3/c1-20-26(21(2)32-28-20)19-31-25-15-9-14-24(16-25)27(30)29(17-22-10-5-3-6-11-22)18-23-12-7-4-8-13-23/h3-16H,17-19H2,1-2H3. The van der Waals surface area contributed by atoms with Gasteiger partial charge in [-0.25, -0.2) is 0 Å². The monoisotopic (exact) mass is 426 g/mol. The summed E-state index contributed by atoms with van der Waals surface area (Å²) >= 11 is 0. The van der Waals surface area contributed by atoms with Gasteiger partial charge in [-0.15, -0.1) is 0 Å². The van der Waals surface area contributed by atoms with Crippen molar-refractivity contribution >= 4 is 5.91 Å². The van der Waals surface area contributed by atoms with Crippen molar-refractivity contribution in [2.75, 3.05) is 0 Å². The molecule has 0 bridgehead atoms. The fourth-order valence-corrected chi connectivity index (χ4v) is 3.57. The number of amides is 1. The summed E-state index contributed by atoms with van der Waals surface area (Å²) in [5.41, 5.74) is 4.50. The molecule has 1 amide bonds. The van der Waals surface area contributed by atoms with Crippen LogP contribution in [0.4, 0.5) is 0 Å². The van der Waals surface area contributed by atoms with Crippen LogP contribution in [0, 0.1) is 13.8 Å². The van der Waals surface area contributed by atoms with E-state index < -0.39 is 0 Å². The summed E-state index contributed by atoms with van der Waals surface area (Å²) in [6.07, 6.45) is 0. The Balaban J connectivity index is 1.53. The second-order valence-electron chi connectivity index (χ2n) is 7.75. The number of ether oxygens (including phenoxy) is 1. The predicted molar refractivity (Wildman–Crippen MR) is 123 cm³/mol. The van der Waals surface area contributed by atoms with Gasteiger partial charge in [0, 0.05) is 18.7 Å². The van der Waals surface area contributed by atoms with E-state index in [1.807, 2.05) is 97.6 Å². The molecule has 0 saturated carbocycles. The zero-order valence-electron chi connectivity index (χ0n) is 18.3. The number of hydrogen-bond donors (Lipinski definition) is 0. The maximum absolute atomic E-state index is 13.5. The topological polar surface area (TPSA) is 55.6 Å². The van der Waals surface area contributed by atoms with Crippen LogP contribution in [0.5, 0.6) is 5.75 Å². The number of carbonyl (C=O) groups is 1. The maximum atomic E-state index is 13.5. The number of rotatable bonds is 8. The molecule has 0 fully saturated rings. The van der Waals surface area contributed by atoms with E-state index in [0.29, 0.717) is 31.0 Å². The lowest BCUT2D eigenvalue weighted by Crippen LogP contribution is -2.30. The van der Waals surface area contributed by atoms with Crippen LogP contribution < -0.4 is 4.74 Å². The molecule has 4 rings (SSSR count). The number of nitrogens with zero attached hydrogens (tertiary/aromatic N) is 2. The predicted octanol–water partition coefficient (Wildman–Crippen LogP) is 5.71. The van der Waals surface area contributed by atoms with Gasteiger partial charge in [-0.2, -0.15) is 0 Å². The van der Waals surface area contributed by atoms with E-state index >= 15 is 0 Å². The Bertz CT molecular complexity index is 1110. The van der Waals surface area contributed by atoms with Gasteiger partial charge < -0.3 is 14.2 Å². The first kappa shape index (κ1) is 21.4. The molecule has 32 heavy (non-hydrogen) atoms. The van der Waals surface area contributed by atoms with Gasteiger partial charge in [0.2, 0.25) is 0 Å². The molecule has 5 nitrogen and oxygen atoms in total. The van der Waals surface area contributed by atoms with Crippen LogP contribution in [0.1, 0.15) is 38.5 Å². The summed E-state index contributed by atoms with van der Waals surface area (Å²) < 4.78 is 11.1. The first-order valence-corrected chi connectivity index (χ1v) is 10.6. The van der Waals surface area contributed by atoms with Gasteiger partial charge in [-0.3, -0.25) is 4.79 Å². The quantitative estimate of drug-likeness (QED) is 0.362. The number of aryl methyl sites for hydroxylation is 2.